The molecule has 0 fully saturated rings. The van der Waals surface area contributed by atoms with Gasteiger partial charge >= 0.3 is 6.18 Å². The van der Waals surface area contributed by atoms with E-state index in [1.165, 1.54) is 6.20 Å². The Labute approximate surface area is 102 Å². The van der Waals surface area contributed by atoms with Crippen LogP contribution < -0.4 is 5.32 Å². The van der Waals surface area contributed by atoms with Crippen LogP contribution in [0.25, 0.3) is 11.3 Å². The smallest absolute Gasteiger partial charge is 0.388 e. The lowest BCUT2D eigenvalue weighted by atomic mass is 10.1. The molecule has 0 aliphatic rings. The third-order valence-corrected chi connectivity index (χ3v) is 2.36. The summed E-state index contributed by atoms with van der Waals surface area (Å²) in [6, 6.07) is 5.83. The third kappa shape index (κ3) is 2.58. The number of nitrogens with one attached hydrogen (secondary N) is 1. The molecule has 0 amide bonds. The molecule has 94 valence electrons. The van der Waals surface area contributed by atoms with Crippen molar-refractivity contribution in [2.75, 3.05) is 12.4 Å². The number of aromatic nitrogens is 2. The van der Waals surface area contributed by atoms with Crippen molar-refractivity contribution in [3.8, 4) is 11.3 Å². The highest BCUT2D eigenvalue weighted by atomic mass is 19.4. The third-order valence-electron chi connectivity index (χ3n) is 2.36. The molecule has 2 rings (SSSR count). The van der Waals surface area contributed by atoms with Gasteiger partial charge in [-0.25, -0.2) is 4.98 Å². The maximum Gasteiger partial charge on any atom is 0.433 e. The van der Waals surface area contributed by atoms with Crippen molar-refractivity contribution in [3.05, 3.63) is 42.4 Å². The summed E-state index contributed by atoms with van der Waals surface area (Å²) in [5, 5.41) is 2.69. The zero-order chi connectivity index (χ0) is 13.2. The van der Waals surface area contributed by atoms with Crippen molar-refractivity contribution >= 4 is 5.69 Å². The minimum absolute atomic E-state index is 0.238. The van der Waals surface area contributed by atoms with Crippen LogP contribution in [0, 0.1) is 0 Å². The summed E-state index contributed by atoms with van der Waals surface area (Å²) in [5.41, 5.74) is 0.215. The quantitative estimate of drug-likeness (QED) is 0.893. The zero-order valence-corrected chi connectivity index (χ0v) is 9.49. The van der Waals surface area contributed by atoms with Crippen molar-refractivity contribution in [1.82, 2.24) is 9.97 Å². The second kappa shape index (κ2) is 4.64. The lowest BCUT2D eigenvalue weighted by Gasteiger charge is -2.11. The van der Waals surface area contributed by atoms with E-state index < -0.39 is 11.9 Å². The Morgan fingerprint density at radius 2 is 2.00 bits per heavy atom. The second-order valence-electron chi connectivity index (χ2n) is 3.62. The number of nitrogens with zero attached hydrogens (tertiary/aromatic N) is 2. The number of hydrogen-bond acceptors (Lipinski definition) is 3. The first-order chi connectivity index (χ1) is 8.50. The molecule has 0 aromatic carbocycles. The number of alkyl halides is 3. The van der Waals surface area contributed by atoms with E-state index in [2.05, 4.69) is 15.3 Å². The van der Waals surface area contributed by atoms with Crippen molar-refractivity contribution in [2.45, 2.75) is 6.18 Å². The Morgan fingerprint density at radius 3 is 2.56 bits per heavy atom. The van der Waals surface area contributed by atoms with Crippen LogP contribution in [-0.2, 0) is 6.18 Å². The van der Waals surface area contributed by atoms with Gasteiger partial charge in [-0.15, -0.1) is 0 Å². The van der Waals surface area contributed by atoms with Gasteiger partial charge in [-0.2, -0.15) is 13.2 Å². The molecule has 0 unspecified atom stereocenters. The van der Waals surface area contributed by atoms with E-state index in [4.69, 9.17) is 0 Å². The van der Waals surface area contributed by atoms with Gasteiger partial charge in [-0.1, -0.05) is 0 Å². The summed E-state index contributed by atoms with van der Waals surface area (Å²) in [6.45, 7) is 0. The average molecular weight is 253 g/mol. The predicted octanol–water partition coefficient (Wildman–Crippen LogP) is 3.20. The van der Waals surface area contributed by atoms with Crippen LogP contribution in [0.2, 0.25) is 0 Å². The van der Waals surface area contributed by atoms with E-state index in [-0.39, 0.29) is 5.69 Å². The van der Waals surface area contributed by atoms with Crippen LogP contribution in [0.3, 0.4) is 0 Å². The Balaban J connectivity index is 2.55. The lowest BCUT2D eigenvalue weighted by Crippen LogP contribution is -2.09. The molecule has 6 heteroatoms. The van der Waals surface area contributed by atoms with E-state index in [1.807, 2.05) is 0 Å². The Kier molecular flexibility index (Phi) is 3.18. The molecule has 2 heterocycles. The second-order valence-corrected chi connectivity index (χ2v) is 3.62. The molecule has 0 atom stereocenters. The summed E-state index contributed by atoms with van der Waals surface area (Å²) in [4.78, 5) is 7.48. The molecule has 3 nitrogen and oxygen atoms in total. The molecular weight excluding hydrogens is 243 g/mol. The van der Waals surface area contributed by atoms with E-state index >= 15 is 0 Å². The number of rotatable bonds is 2. The van der Waals surface area contributed by atoms with Gasteiger partial charge in [-0.3, -0.25) is 4.98 Å². The highest BCUT2D eigenvalue weighted by Gasteiger charge is 2.33. The Hall–Kier alpha value is -2.11. The Bertz CT molecular complexity index is 538. The normalized spacial score (nSPS) is 11.3. The fraction of sp³-hybridized carbons (Fsp3) is 0.167. The Morgan fingerprint density at radius 1 is 1.22 bits per heavy atom. The van der Waals surface area contributed by atoms with E-state index in [0.717, 1.165) is 6.07 Å². The predicted molar refractivity (Wildman–Crippen MR) is 62.0 cm³/mol. The first kappa shape index (κ1) is 12.3. The van der Waals surface area contributed by atoms with Gasteiger partial charge < -0.3 is 5.32 Å². The molecule has 0 bridgehead atoms. The van der Waals surface area contributed by atoms with Crippen molar-refractivity contribution in [1.29, 1.82) is 0 Å². The summed E-state index contributed by atoms with van der Waals surface area (Å²) in [5.74, 6) is 0. The molecule has 0 aliphatic heterocycles. The number of pyridine rings is 2. The van der Waals surface area contributed by atoms with E-state index in [0.29, 0.717) is 11.3 Å². The highest BCUT2D eigenvalue weighted by Crippen LogP contribution is 2.31. The monoisotopic (exact) mass is 253 g/mol. The van der Waals surface area contributed by atoms with E-state index in [1.54, 1.807) is 31.4 Å². The largest absolute Gasteiger partial charge is 0.433 e. The van der Waals surface area contributed by atoms with Crippen LogP contribution >= 0.6 is 0 Å². The van der Waals surface area contributed by atoms with Crippen LogP contribution in [0.4, 0.5) is 18.9 Å². The minimum Gasteiger partial charge on any atom is -0.388 e. The number of hydrogen-bond donors (Lipinski definition) is 1. The van der Waals surface area contributed by atoms with Crippen LogP contribution in [-0.4, -0.2) is 17.0 Å². The van der Waals surface area contributed by atoms with Crippen LogP contribution in [0.5, 0.6) is 0 Å². The molecule has 0 saturated heterocycles. The first-order valence-electron chi connectivity index (χ1n) is 5.18. The molecule has 0 saturated carbocycles. The first-order valence-corrected chi connectivity index (χ1v) is 5.18. The molecule has 0 radical (unpaired) electrons. The maximum atomic E-state index is 12.7. The fourth-order valence-corrected chi connectivity index (χ4v) is 1.48. The van der Waals surface area contributed by atoms with Gasteiger partial charge in [0.15, 0.2) is 0 Å². The SMILES string of the molecule is CNc1cc(-c2cccnc2)nc(C(F)(F)F)c1. The maximum absolute atomic E-state index is 12.7. The summed E-state index contributed by atoms with van der Waals surface area (Å²) in [7, 11) is 1.56. The molecular formula is C12H10F3N3. The summed E-state index contributed by atoms with van der Waals surface area (Å²) >= 11 is 0. The van der Waals surface area contributed by atoms with Crippen molar-refractivity contribution in [3.63, 3.8) is 0 Å². The molecule has 0 aliphatic carbocycles. The standard InChI is InChI=1S/C12H10F3N3/c1-16-9-5-10(8-3-2-4-17-7-8)18-11(6-9)12(13,14)15/h2-7H,1H3,(H,16,18). The molecule has 2 aromatic heterocycles. The minimum atomic E-state index is -4.47. The van der Waals surface area contributed by atoms with Gasteiger partial charge in [0.25, 0.3) is 0 Å². The zero-order valence-electron chi connectivity index (χ0n) is 9.49. The summed E-state index contributed by atoms with van der Waals surface area (Å²) < 4.78 is 38.1. The van der Waals surface area contributed by atoms with Crippen LogP contribution in [0.15, 0.2) is 36.7 Å². The number of anilines is 1. The number of halogens is 3. The molecule has 2 aromatic rings. The fourth-order valence-electron chi connectivity index (χ4n) is 1.48. The molecule has 1 N–H and O–H groups in total. The molecule has 18 heavy (non-hydrogen) atoms. The van der Waals surface area contributed by atoms with Gasteiger partial charge in [0.2, 0.25) is 0 Å². The van der Waals surface area contributed by atoms with Gasteiger partial charge in [0.05, 0.1) is 5.69 Å². The summed E-state index contributed by atoms with van der Waals surface area (Å²) in [6.07, 6.45) is -1.44. The van der Waals surface area contributed by atoms with Crippen molar-refractivity contribution < 1.29 is 13.2 Å². The topological polar surface area (TPSA) is 37.8 Å². The average Bonchev–Trinajstić information content (AvgIpc) is 2.38. The lowest BCUT2D eigenvalue weighted by molar-refractivity contribution is -0.141. The van der Waals surface area contributed by atoms with Gasteiger partial charge in [0.1, 0.15) is 5.69 Å². The van der Waals surface area contributed by atoms with Crippen LogP contribution in [0.1, 0.15) is 5.69 Å². The highest BCUT2D eigenvalue weighted by molar-refractivity contribution is 5.63. The van der Waals surface area contributed by atoms with Gasteiger partial charge in [0, 0.05) is 30.7 Å². The van der Waals surface area contributed by atoms with E-state index in [9.17, 15) is 13.2 Å². The van der Waals surface area contributed by atoms with Gasteiger partial charge in [-0.05, 0) is 24.3 Å². The van der Waals surface area contributed by atoms with Crippen molar-refractivity contribution in [2.24, 2.45) is 0 Å². The molecule has 0 spiro atoms.